The maximum absolute atomic E-state index is 12.7. The van der Waals surface area contributed by atoms with Crippen LogP contribution in [0, 0.1) is 23.7 Å². The Morgan fingerprint density at radius 3 is 2.30 bits per heavy atom. The number of urea groups is 1. The van der Waals surface area contributed by atoms with E-state index in [1.165, 1.54) is 37.2 Å². The van der Waals surface area contributed by atoms with Gasteiger partial charge >= 0.3 is 12.0 Å². The molecule has 0 aromatic carbocycles. The van der Waals surface area contributed by atoms with Crippen molar-refractivity contribution in [3.8, 4) is 0 Å². The summed E-state index contributed by atoms with van der Waals surface area (Å²) in [5.41, 5.74) is 0. The van der Waals surface area contributed by atoms with Crippen molar-refractivity contribution >= 4 is 41.4 Å². The van der Waals surface area contributed by atoms with Gasteiger partial charge in [-0.2, -0.15) is 0 Å². The minimum atomic E-state index is -0.557. The molecule has 3 amide bonds. The van der Waals surface area contributed by atoms with Crippen LogP contribution in [0.15, 0.2) is 0 Å². The van der Waals surface area contributed by atoms with Gasteiger partial charge < -0.3 is 10.1 Å². The van der Waals surface area contributed by atoms with Crippen LogP contribution < -0.4 is 10.6 Å². The van der Waals surface area contributed by atoms with Crippen molar-refractivity contribution in [1.82, 2.24) is 10.6 Å². The Bertz CT molecular complexity index is 652. The summed E-state index contributed by atoms with van der Waals surface area (Å²) in [6.07, 6.45) is 9.73. The second-order valence-corrected chi connectivity index (χ2v) is 12.4. The molecule has 30 heavy (non-hydrogen) atoms. The van der Waals surface area contributed by atoms with Crippen LogP contribution in [0.5, 0.6) is 0 Å². The molecule has 3 aliphatic carbocycles. The van der Waals surface area contributed by atoms with Crippen LogP contribution in [-0.4, -0.2) is 46.1 Å². The molecule has 4 rings (SSSR count). The average Bonchev–Trinajstić information content (AvgIpc) is 3.17. The molecule has 1 aliphatic heterocycles. The molecular formula is C22H34N2O4S2. The van der Waals surface area contributed by atoms with Crippen molar-refractivity contribution in [3.05, 3.63) is 0 Å². The number of carbonyl (C=O) groups is 3. The van der Waals surface area contributed by atoms with Gasteiger partial charge in [-0.3, -0.25) is 14.9 Å². The Kier molecular flexibility index (Phi) is 7.23. The fourth-order valence-corrected chi connectivity index (χ4v) is 9.89. The first-order chi connectivity index (χ1) is 14.5. The summed E-state index contributed by atoms with van der Waals surface area (Å²) in [6.45, 7) is 1.74. The zero-order valence-electron chi connectivity index (χ0n) is 17.8. The van der Waals surface area contributed by atoms with Crippen LogP contribution >= 0.6 is 23.5 Å². The van der Waals surface area contributed by atoms with Gasteiger partial charge in [0, 0.05) is 17.5 Å². The number of ether oxygens (including phenoxy) is 1. The van der Waals surface area contributed by atoms with Gasteiger partial charge in [0.05, 0.1) is 10.00 Å². The highest BCUT2D eigenvalue weighted by Gasteiger charge is 2.55. The molecule has 6 nitrogen and oxygen atoms in total. The van der Waals surface area contributed by atoms with E-state index in [1.807, 2.05) is 0 Å². The topological polar surface area (TPSA) is 84.5 Å². The number of thioether (sulfide) groups is 2. The highest BCUT2D eigenvalue weighted by molar-refractivity contribution is 8.21. The molecule has 1 saturated heterocycles. The Balaban J connectivity index is 1.22. The quantitative estimate of drug-likeness (QED) is 0.626. The average molecular weight is 455 g/mol. The summed E-state index contributed by atoms with van der Waals surface area (Å²) < 4.78 is 5.65. The monoisotopic (exact) mass is 454 g/mol. The van der Waals surface area contributed by atoms with Gasteiger partial charge in [-0.05, 0) is 56.3 Å². The molecule has 3 saturated carbocycles. The number of hydrogen-bond acceptors (Lipinski definition) is 6. The van der Waals surface area contributed by atoms with E-state index in [0.717, 1.165) is 32.1 Å². The number of imide groups is 1. The molecule has 4 aliphatic rings. The van der Waals surface area contributed by atoms with Crippen LogP contribution in [-0.2, 0) is 14.3 Å². The second kappa shape index (κ2) is 9.72. The number of amides is 3. The number of esters is 1. The molecular weight excluding hydrogens is 420 g/mol. The van der Waals surface area contributed by atoms with Gasteiger partial charge in [0.2, 0.25) is 0 Å². The van der Waals surface area contributed by atoms with Gasteiger partial charge in [0.25, 0.3) is 5.91 Å². The summed E-state index contributed by atoms with van der Waals surface area (Å²) in [5.74, 6) is 3.04. The smallest absolute Gasteiger partial charge is 0.321 e. The molecule has 8 heteroatoms. The molecule has 168 valence electrons. The van der Waals surface area contributed by atoms with E-state index in [4.69, 9.17) is 4.74 Å². The van der Waals surface area contributed by atoms with Crippen LogP contribution in [0.1, 0.15) is 64.7 Å². The minimum absolute atomic E-state index is 0.106. The predicted octanol–water partition coefficient (Wildman–Crippen LogP) is 3.94. The fourth-order valence-electron chi connectivity index (χ4n) is 5.95. The summed E-state index contributed by atoms with van der Waals surface area (Å²) in [6, 6.07) is -0.381. The van der Waals surface area contributed by atoms with Crippen molar-refractivity contribution in [1.29, 1.82) is 0 Å². The largest absolute Gasteiger partial charge is 0.455 e. The van der Waals surface area contributed by atoms with Gasteiger partial charge in [-0.25, -0.2) is 4.79 Å². The maximum Gasteiger partial charge on any atom is 0.321 e. The van der Waals surface area contributed by atoms with E-state index >= 15 is 0 Å². The van der Waals surface area contributed by atoms with Crippen LogP contribution in [0.4, 0.5) is 4.79 Å². The predicted molar refractivity (Wildman–Crippen MR) is 120 cm³/mol. The maximum atomic E-state index is 12.7. The summed E-state index contributed by atoms with van der Waals surface area (Å²) in [5, 5.41) is 5.20. The first-order valence-electron chi connectivity index (χ1n) is 11.5. The Hall–Kier alpha value is -0.890. The molecule has 4 fully saturated rings. The molecule has 4 unspecified atom stereocenters. The first kappa shape index (κ1) is 22.3. The molecule has 1 heterocycles. The Morgan fingerprint density at radius 2 is 1.63 bits per heavy atom. The fraction of sp³-hybridized carbons (Fsp3) is 0.864. The third-order valence-electron chi connectivity index (χ3n) is 7.48. The Labute approximate surface area is 187 Å². The van der Waals surface area contributed by atoms with E-state index in [9.17, 15) is 14.4 Å². The SMILES string of the molecule is CC1CCCCC1NC(=O)NC(=O)COC(=O)C1CC2CCCC(C1)C21SCCS1. The summed E-state index contributed by atoms with van der Waals surface area (Å²) >= 11 is 4.23. The van der Waals surface area contributed by atoms with Crippen molar-refractivity contribution in [2.45, 2.75) is 74.8 Å². The molecule has 1 spiro atoms. The van der Waals surface area contributed by atoms with Crippen LogP contribution in [0.3, 0.4) is 0 Å². The lowest BCUT2D eigenvalue weighted by molar-refractivity contribution is -0.155. The highest BCUT2D eigenvalue weighted by Crippen LogP contribution is 2.64. The van der Waals surface area contributed by atoms with E-state index in [0.29, 0.717) is 21.8 Å². The highest BCUT2D eigenvalue weighted by atomic mass is 32.2. The molecule has 0 aromatic rings. The van der Waals surface area contributed by atoms with Crippen molar-refractivity contribution < 1.29 is 19.1 Å². The molecule has 0 radical (unpaired) electrons. The zero-order valence-corrected chi connectivity index (χ0v) is 19.5. The lowest BCUT2D eigenvalue weighted by Gasteiger charge is -2.51. The lowest BCUT2D eigenvalue weighted by atomic mass is 9.67. The number of hydrogen-bond donors (Lipinski definition) is 2. The third kappa shape index (κ3) is 4.79. The van der Waals surface area contributed by atoms with Gasteiger partial charge in [0.15, 0.2) is 6.61 Å². The number of nitrogens with one attached hydrogen (secondary N) is 2. The molecule has 0 aromatic heterocycles. The summed E-state index contributed by atoms with van der Waals surface area (Å²) in [7, 11) is 0. The first-order valence-corrected chi connectivity index (χ1v) is 13.5. The van der Waals surface area contributed by atoms with Gasteiger partial charge in [-0.15, -0.1) is 23.5 Å². The lowest BCUT2D eigenvalue weighted by Crippen LogP contribution is -2.49. The van der Waals surface area contributed by atoms with Crippen molar-refractivity contribution in [2.24, 2.45) is 23.7 Å². The van der Waals surface area contributed by atoms with Gasteiger partial charge in [-0.1, -0.05) is 26.2 Å². The standard InChI is InChI=1S/C22H34N2O4S2/c1-14-5-2-3-8-18(14)23-21(27)24-19(25)13-28-20(26)15-11-16-6-4-7-17(12-15)22(16)29-9-10-30-22/h14-18H,2-13H2,1H3,(H2,23,24,25,27). The minimum Gasteiger partial charge on any atom is -0.455 e. The van der Waals surface area contributed by atoms with Crippen LogP contribution in [0.2, 0.25) is 0 Å². The van der Waals surface area contributed by atoms with E-state index in [-0.39, 0.29) is 24.5 Å². The molecule has 2 N–H and O–H groups in total. The van der Waals surface area contributed by atoms with Gasteiger partial charge in [0.1, 0.15) is 0 Å². The number of rotatable bonds is 4. The molecule has 4 atom stereocenters. The Morgan fingerprint density at radius 1 is 0.967 bits per heavy atom. The second-order valence-electron chi connectivity index (χ2n) is 9.41. The summed E-state index contributed by atoms with van der Waals surface area (Å²) in [4.78, 5) is 36.9. The van der Waals surface area contributed by atoms with Crippen LogP contribution in [0.25, 0.3) is 0 Å². The van der Waals surface area contributed by atoms with Crippen molar-refractivity contribution in [3.63, 3.8) is 0 Å². The normalized spacial score (nSPS) is 34.9. The van der Waals surface area contributed by atoms with E-state index < -0.39 is 11.9 Å². The van der Waals surface area contributed by atoms with E-state index in [1.54, 1.807) is 0 Å². The van der Waals surface area contributed by atoms with Crippen molar-refractivity contribution in [2.75, 3.05) is 18.1 Å². The molecule has 2 bridgehead atoms. The zero-order chi connectivity index (χ0) is 21.1. The number of carbonyl (C=O) groups excluding carboxylic acids is 3. The third-order valence-corrected chi connectivity index (χ3v) is 11.5. The van der Waals surface area contributed by atoms with E-state index in [2.05, 4.69) is 41.1 Å².